The zero-order chi connectivity index (χ0) is 18.8. The zero-order valence-corrected chi connectivity index (χ0v) is 15.7. The topological polar surface area (TPSA) is 72.6 Å². The molecule has 4 aromatic heterocycles. The summed E-state index contributed by atoms with van der Waals surface area (Å²) in [7, 11) is 0. The number of nitrogens with zero attached hydrogens (tertiary/aromatic N) is 7. The van der Waals surface area contributed by atoms with Gasteiger partial charge in [0, 0.05) is 37.9 Å². The first-order valence-electron chi connectivity index (χ1n) is 9.04. The third kappa shape index (κ3) is 3.12. The Kier molecular flexibility index (Phi) is 4.50. The van der Waals surface area contributed by atoms with Gasteiger partial charge in [0.25, 0.3) is 0 Å². The summed E-state index contributed by atoms with van der Waals surface area (Å²) in [5, 5.41) is 0. The Hall–Kier alpha value is -3.35. The molecule has 0 aliphatic rings. The lowest BCUT2D eigenvalue weighted by molar-refractivity contribution is 0.821. The molecule has 0 saturated carbocycles. The summed E-state index contributed by atoms with van der Waals surface area (Å²) in [5.74, 6) is 2.26. The standard InChI is InChI=1S/C20H21N7/c1-4-26(5-2)20-23-11-15(12-24-20)19-25-16-8-9-21-13-17(16)27(19)18-7-6-14(3)10-22-18/h6-13H,4-5H2,1-3H3. The van der Waals surface area contributed by atoms with Gasteiger partial charge >= 0.3 is 0 Å². The van der Waals surface area contributed by atoms with E-state index in [2.05, 4.69) is 38.7 Å². The van der Waals surface area contributed by atoms with E-state index < -0.39 is 0 Å². The SMILES string of the molecule is CCN(CC)c1ncc(-c2nc3ccncc3n2-c2ccc(C)cn2)cn1. The van der Waals surface area contributed by atoms with E-state index in [0.717, 1.165) is 52.8 Å². The lowest BCUT2D eigenvalue weighted by Crippen LogP contribution is -2.24. The molecule has 7 nitrogen and oxygen atoms in total. The maximum Gasteiger partial charge on any atom is 0.225 e. The molecule has 4 aromatic rings. The van der Waals surface area contributed by atoms with Crippen LogP contribution in [0.4, 0.5) is 5.95 Å². The second kappa shape index (κ2) is 7.11. The van der Waals surface area contributed by atoms with Gasteiger partial charge in [-0.25, -0.2) is 19.9 Å². The molecule has 0 saturated heterocycles. The van der Waals surface area contributed by atoms with Crippen LogP contribution in [-0.4, -0.2) is 42.6 Å². The highest BCUT2D eigenvalue weighted by atomic mass is 15.2. The Bertz CT molecular complexity index is 1050. The van der Waals surface area contributed by atoms with Crippen LogP contribution in [0.1, 0.15) is 19.4 Å². The van der Waals surface area contributed by atoms with Gasteiger partial charge in [0.15, 0.2) is 0 Å². The summed E-state index contributed by atoms with van der Waals surface area (Å²) in [5.41, 5.74) is 3.70. The molecule has 0 fully saturated rings. The molecule has 7 heteroatoms. The maximum absolute atomic E-state index is 4.79. The van der Waals surface area contributed by atoms with Crippen molar-refractivity contribution in [2.75, 3.05) is 18.0 Å². The Labute approximate surface area is 157 Å². The van der Waals surface area contributed by atoms with Gasteiger partial charge in [-0.15, -0.1) is 0 Å². The Morgan fingerprint density at radius 2 is 1.70 bits per heavy atom. The van der Waals surface area contributed by atoms with Crippen molar-refractivity contribution in [1.82, 2.24) is 29.5 Å². The second-order valence-electron chi connectivity index (χ2n) is 6.27. The number of aromatic nitrogens is 6. The van der Waals surface area contributed by atoms with Crippen LogP contribution in [0.15, 0.2) is 49.2 Å². The first-order chi connectivity index (χ1) is 13.2. The van der Waals surface area contributed by atoms with Gasteiger partial charge in [0.1, 0.15) is 11.6 Å². The first kappa shape index (κ1) is 17.1. The quantitative estimate of drug-likeness (QED) is 0.544. The van der Waals surface area contributed by atoms with Gasteiger partial charge in [-0.2, -0.15) is 0 Å². The van der Waals surface area contributed by atoms with Gasteiger partial charge in [-0.1, -0.05) is 6.07 Å². The largest absolute Gasteiger partial charge is 0.341 e. The number of hydrogen-bond donors (Lipinski definition) is 0. The molecule has 0 aliphatic heterocycles. The molecule has 136 valence electrons. The van der Waals surface area contributed by atoms with Gasteiger partial charge in [-0.3, -0.25) is 9.55 Å². The number of fused-ring (bicyclic) bond motifs is 1. The van der Waals surface area contributed by atoms with E-state index in [0.29, 0.717) is 0 Å². The molecule has 0 bridgehead atoms. The molecule has 0 radical (unpaired) electrons. The molecule has 0 spiro atoms. The summed E-state index contributed by atoms with van der Waals surface area (Å²) in [4.78, 5) is 24.8. The highest BCUT2D eigenvalue weighted by Crippen LogP contribution is 2.27. The smallest absolute Gasteiger partial charge is 0.225 e. The van der Waals surface area contributed by atoms with Crippen molar-refractivity contribution in [2.45, 2.75) is 20.8 Å². The van der Waals surface area contributed by atoms with Gasteiger partial charge < -0.3 is 4.90 Å². The van der Waals surface area contributed by atoms with Gasteiger partial charge in [0.05, 0.1) is 22.8 Å². The minimum Gasteiger partial charge on any atom is -0.341 e. The van der Waals surface area contributed by atoms with Crippen LogP contribution in [0.25, 0.3) is 28.2 Å². The second-order valence-corrected chi connectivity index (χ2v) is 6.27. The Balaban J connectivity index is 1.86. The zero-order valence-electron chi connectivity index (χ0n) is 15.7. The molecule has 0 aliphatic carbocycles. The fourth-order valence-electron chi connectivity index (χ4n) is 3.05. The highest BCUT2D eigenvalue weighted by Gasteiger charge is 2.16. The summed E-state index contributed by atoms with van der Waals surface area (Å²) >= 11 is 0. The number of anilines is 1. The Morgan fingerprint density at radius 1 is 0.926 bits per heavy atom. The lowest BCUT2D eigenvalue weighted by Gasteiger charge is -2.18. The van der Waals surface area contributed by atoms with Crippen LogP contribution in [-0.2, 0) is 0 Å². The van der Waals surface area contributed by atoms with E-state index in [1.165, 1.54) is 0 Å². The van der Waals surface area contributed by atoms with Crippen molar-refractivity contribution >= 4 is 17.0 Å². The van der Waals surface area contributed by atoms with E-state index in [1.807, 2.05) is 48.3 Å². The molecule has 4 rings (SSSR count). The predicted molar refractivity (Wildman–Crippen MR) is 106 cm³/mol. The first-order valence-corrected chi connectivity index (χ1v) is 9.04. The summed E-state index contributed by atoms with van der Waals surface area (Å²) < 4.78 is 2.00. The van der Waals surface area contributed by atoms with Crippen molar-refractivity contribution in [3.8, 4) is 17.2 Å². The minimum atomic E-state index is 0.724. The average molecular weight is 359 g/mol. The van der Waals surface area contributed by atoms with Crippen molar-refractivity contribution in [1.29, 1.82) is 0 Å². The molecular formula is C20H21N7. The molecule has 0 unspecified atom stereocenters. The average Bonchev–Trinajstić information content (AvgIpc) is 3.10. The normalized spacial score (nSPS) is 11.1. The molecule has 0 aromatic carbocycles. The molecule has 4 heterocycles. The third-order valence-corrected chi connectivity index (χ3v) is 4.52. The summed E-state index contributed by atoms with van der Waals surface area (Å²) in [6.45, 7) is 7.94. The summed E-state index contributed by atoms with van der Waals surface area (Å²) in [6.07, 6.45) is 9.03. The monoisotopic (exact) mass is 359 g/mol. The summed E-state index contributed by atoms with van der Waals surface area (Å²) in [6, 6.07) is 5.92. The van der Waals surface area contributed by atoms with E-state index in [1.54, 1.807) is 12.4 Å². The number of rotatable bonds is 5. The molecule has 0 N–H and O–H groups in total. The highest BCUT2D eigenvalue weighted by molar-refractivity contribution is 5.81. The van der Waals surface area contributed by atoms with Gasteiger partial charge in [-0.05, 0) is 38.5 Å². The van der Waals surface area contributed by atoms with E-state index in [4.69, 9.17) is 4.98 Å². The van der Waals surface area contributed by atoms with Crippen LogP contribution in [0.2, 0.25) is 0 Å². The number of pyridine rings is 2. The molecule has 0 amide bonds. The van der Waals surface area contributed by atoms with Crippen LogP contribution in [0.3, 0.4) is 0 Å². The van der Waals surface area contributed by atoms with Crippen molar-refractivity contribution in [3.05, 3.63) is 54.7 Å². The third-order valence-electron chi connectivity index (χ3n) is 4.52. The number of hydrogen-bond acceptors (Lipinski definition) is 6. The van der Waals surface area contributed by atoms with Gasteiger partial charge in [0.2, 0.25) is 5.95 Å². The maximum atomic E-state index is 4.79. The van der Waals surface area contributed by atoms with Crippen LogP contribution < -0.4 is 4.90 Å². The number of imidazole rings is 1. The van der Waals surface area contributed by atoms with E-state index >= 15 is 0 Å². The van der Waals surface area contributed by atoms with Crippen molar-refractivity contribution in [3.63, 3.8) is 0 Å². The van der Waals surface area contributed by atoms with Crippen molar-refractivity contribution < 1.29 is 0 Å². The van der Waals surface area contributed by atoms with E-state index in [-0.39, 0.29) is 0 Å². The fraction of sp³-hybridized carbons (Fsp3) is 0.250. The van der Waals surface area contributed by atoms with E-state index in [9.17, 15) is 0 Å². The van der Waals surface area contributed by atoms with Crippen LogP contribution >= 0.6 is 0 Å². The lowest BCUT2D eigenvalue weighted by atomic mass is 10.3. The predicted octanol–water partition coefficient (Wildman–Crippen LogP) is 3.43. The minimum absolute atomic E-state index is 0.724. The fourth-order valence-corrected chi connectivity index (χ4v) is 3.05. The number of aryl methyl sites for hydroxylation is 1. The Morgan fingerprint density at radius 3 is 2.37 bits per heavy atom. The molecule has 27 heavy (non-hydrogen) atoms. The van der Waals surface area contributed by atoms with Crippen LogP contribution in [0.5, 0.6) is 0 Å². The van der Waals surface area contributed by atoms with Crippen LogP contribution in [0, 0.1) is 6.92 Å². The van der Waals surface area contributed by atoms with Crippen molar-refractivity contribution in [2.24, 2.45) is 0 Å². The molecular weight excluding hydrogens is 338 g/mol. The molecule has 0 atom stereocenters.